The van der Waals surface area contributed by atoms with E-state index < -0.39 is 11.0 Å². The molecule has 0 amide bonds. The molecule has 1 aromatic carbocycles. The number of nitrogens with two attached hydrogens (primary N) is 1. The zero-order valence-corrected chi connectivity index (χ0v) is 16.4. The third-order valence-corrected chi connectivity index (χ3v) is 8.24. The van der Waals surface area contributed by atoms with Gasteiger partial charge in [-0.25, -0.2) is 0 Å². The van der Waals surface area contributed by atoms with Gasteiger partial charge in [-0.3, -0.25) is 4.79 Å². The highest BCUT2D eigenvalue weighted by molar-refractivity contribution is 7.80. The number of carbonyl (C=O) groups is 1. The van der Waals surface area contributed by atoms with Crippen molar-refractivity contribution in [1.82, 2.24) is 0 Å². The molecule has 3 fully saturated rings. The molecule has 2 unspecified atom stereocenters. The van der Waals surface area contributed by atoms with Gasteiger partial charge >= 0.3 is 0 Å². The highest BCUT2D eigenvalue weighted by atomic mass is 32.1. The van der Waals surface area contributed by atoms with E-state index in [9.17, 15) is 15.0 Å². The Morgan fingerprint density at radius 2 is 2.04 bits per heavy atom. The largest absolute Gasteiger partial charge is 0.507 e. The molecule has 27 heavy (non-hydrogen) atoms. The van der Waals surface area contributed by atoms with Crippen LogP contribution in [0.25, 0.3) is 0 Å². The Bertz CT molecular complexity index is 848. The van der Waals surface area contributed by atoms with E-state index in [-0.39, 0.29) is 22.4 Å². The van der Waals surface area contributed by atoms with Crippen molar-refractivity contribution in [2.24, 2.45) is 23.5 Å². The maximum Gasteiger partial charge on any atom is 0.134 e. The molecule has 5 heteroatoms. The molecule has 3 saturated carbocycles. The second-order valence-electron chi connectivity index (χ2n) is 9.37. The van der Waals surface area contributed by atoms with Crippen LogP contribution in [-0.2, 0) is 16.6 Å². The number of hydrogen-bond acceptors (Lipinski definition) is 4. The molecule has 0 saturated heterocycles. The molecule has 5 rings (SSSR count). The number of benzene rings is 1. The van der Waals surface area contributed by atoms with Gasteiger partial charge in [0.15, 0.2) is 0 Å². The van der Waals surface area contributed by atoms with E-state index >= 15 is 0 Å². The Balaban J connectivity index is 1.70. The molecule has 0 radical (unpaired) electrons. The summed E-state index contributed by atoms with van der Waals surface area (Å²) in [6.45, 7) is 0. The molecule has 0 heterocycles. The maximum absolute atomic E-state index is 12.5. The van der Waals surface area contributed by atoms with Crippen LogP contribution in [0.5, 0.6) is 5.75 Å². The van der Waals surface area contributed by atoms with Crippen LogP contribution in [0.1, 0.15) is 68.1 Å². The van der Waals surface area contributed by atoms with Crippen molar-refractivity contribution < 1.29 is 15.0 Å². The number of fused-ring (bicyclic) bond motifs is 1. The van der Waals surface area contributed by atoms with Crippen molar-refractivity contribution in [2.75, 3.05) is 0 Å². The van der Waals surface area contributed by atoms with Crippen LogP contribution in [-0.4, -0.2) is 26.6 Å². The van der Waals surface area contributed by atoms with Gasteiger partial charge < -0.3 is 15.9 Å². The SMILES string of the molecule is NC(=S)c1ccc2c(c1O)C13CCC(CC4CC4)[C@H](C2)[C@]1(O)CCC(=O)C3. The zero-order chi connectivity index (χ0) is 19.0. The van der Waals surface area contributed by atoms with Gasteiger partial charge in [-0.1, -0.05) is 31.1 Å². The van der Waals surface area contributed by atoms with Gasteiger partial charge in [-0.15, -0.1) is 0 Å². The summed E-state index contributed by atoms with van der Waals surface area (Å²) in [5, 5.41) is 23.1. The third-order valence-electron chi connectivity index (χ3n) is 8.02. The second-order valence-corrected chi connectivity index (χ2v) is 9.81. The lowest BCUT2D eigenvalue weighted by Crippen LogP contribution is -2.66. The monoisotopic (exact) mass is 385 g/mol. The van der Waals surface area contributed by atoms with Crippen LogP contribution in [0.4, 0.5) is 0 Å². The van der Waals surface area contributed by atoms with E-state index in [1.165, 1.54) is 19.3 Å². The molecular weight excluding hydrogens is 358 g/mol. The van der Waals surface area contributed by atoms with E-state index in [2.05, 4.69) is 0 Å². The Kier molecular flexibility index (Phi) is 3.77. The summed E-state index contributed by atoms with van der Waals surface area (Å²) >= 11 is 5.12. The highest BCUT2D eigenvalue weighted by Crippen LogP contribution is 2.64. The van der Waals surface area contributed by atoms with Crippen molar-refractivity contribution in [3.05, 3.63) is 28.8 Å². The van der Waals surface area contributed by atoms with E-state index in [4.69, 9.17) is 18.0 Å². The summed E-state index contributed by atoms with van der Waals surface area (Å²) < 4.78 is 0. The topological polar surface area (TPSA) is 83.6 Å². The molecule has 4 atom stereocenters. The van der Waals surface area contributed by atoms with Crippen molar-refractivity contribution in [3.8, 4) is 5.75 Å². The number of Topliss-reactive ketones (excluding diaryl/α,β-unsaturated/α-hetero) is 1. The summed E-state index contributed by atoms with van der Waals surface area (Å²) in [4.78, 5) is 12.7. The maximum atomic E-state index is 12.5. The fourth-order valence-electron chi connectivity index (χ4n) is 6.62. The predicted octanol–water partition coefficient (Wildman–Crippen LogP) is 3.13. The van der Waals surface area contributed by atoms with E-state index in [1.807, 2.05) is 6.07 Å². The Morgan fingerprint density at radius 1 is 1.26 bits per heavy atom. The molecule has 4 aliphatic rings. The smallest absolute Gasteiger partial charge is 0.134 e. The number of ketones is 1. The number of aliphatic hydroxyl groups is 1. The van der Waals surface area contributed by atoms with E-state index in [0.29, 0.717) is 30.7 Å². The standard InChI is InChI=1S/C22H27NO3S/c23-20(27)16-4-3-14-10-17-13(9-12-1-2-12)5-7-21(18(14)19(16)25)11-15(24)6-8-22(17,21)26/h3-4,12-13,17,25-26H,1-2,5-11H2,(H2,23,27)/t13?,17-,21?,22+/m0/s1. The Morgan fingerprint density at radius 3 is 2.74 bits per heavy atom. The minimum atomic E-state index is -0.919. The summed E-state index contributed by atoms with van der Waals surface area (Å²) in [5.41, 5.74) is 6.50. The molecule has 4 N–H and O–H groups in total. The average Bonchev–Trinajstić information content (AvgIpc) is 3.42. The molecule has 0 aliphatic heterocycles. The van der Waals surface area contributed by atoms with Crippen LogP contribution < -0.4 is 5.73 Å². The minimum absolute atomic E-state index is 0.0900. The third kappa shape index (κ3) is 2.37. The van der Waals surface area contributed by atoms with Crippen molar-refractivity contribution >= 4 is 23.0 Å². The van der Waals surface area contributed by atoms with Gasteiger partial charge in [0.05, 0.1) is 11.2 Å². The summed E-state index contributed by atoms with van der Waals surface area (Å²) in [7, 11) is 0. The van der Waals surface area contributed by atoms with E-state index in [0.717, 1.165) is 36.3 Å². The molecular formula is C22H27NO3S. The number of thiocarbonyl (C=S) groups is 1. The first-order valence-corrected chi connectivity index (χ1v) is 10.7. The molecule has 2 bridgehead atoms. The average molecular weight is 386 g/mol. The first-order valence-electron chi connectivity index (χ1n) is 10.2. The molecule has 0 spiro atoms. The fraction of sp³-hybridized carbons (Fsp3) is 0.636. The van der Waals surface area contributed by atoms with Gasteiger partial charge in [0.1, 0.15) is 16.5 Å². The first kappa shape index (κ1) is 17.6. The lowest BCUT2D eigenvalue weighted by Gasteiger charge is -2.62. The normalized spacial score (nSPS) is 37.4. The molecule has 4 nitrogen and oxygen atoms in total. The van der Waals surface area contributed by atoms with Crippen molar-refractivity contribution in [3.63, 3.8) is 0 Å². The quantitative estimate of drug-likeness (QED) is 0.696. The minimum Gasteiger partial charge on any atom is -0.507 e. The van der Waals surface area contributed by atoms with Gasteiger partial charge in [0, 0.05) is 23.8 Å². The zero-order valence-electron chi connectivity index (χ0n) is 15.5. The van der Waals surface area contributed by atoms with Gasteiger partial charge in [-0.2, -0.15) is 0 Å². The molecule has 4 aliphatic carbocycles. The van der Waals surface area contributed by atoms with Crippen LogP contribution in [0.15, 0.2) is 12.1 Å². The lowest BCUT2D eigenvalue weighted by atomic mass is 9.43. The highest BCUT2D eigenvalue weighted by Gasteiger charge is 2.65. The van der Waals surface area contributed by atoms with Crippen molar-refractivity contribution in [2.45, 2.75) is 68.8 Å². The molecule has 0 aromatic heterocycles. The van der Waals surface area contributed by atoms with Crippen LogP contribution in [0.3, 0.4) is 0 Å². The number of phenols is 1. The first-order chi connectivity index (χ1) is 12.9. The summed E-state index contributed by atoms with van der Waals surface area (Å²) in [6.07, 6.45) is 7.65. The number of hydrogen-bond donors (Lipinski definition) is 3. The number of aromatic hydroxyl groups is 1. The predicted molar refractivity (Wildman–Crippen MR) is 107 cm³/mol. The van der Waals surface area contributed by atoms with Crippen molar-refractivity contribution in [1.29, 1.82) is 0 Å². The lowest BCUT2D eigenvalue weighted by molar-refractivity contribution is -0.173. The Hall–Kier alpha value is -1.46. The van der Waals surface area contributed by atoms with Gasteiger partial charge in [-0.05, 0) is 61.5 Å². The van der Waals surface area contributed by atoms with Crippen LogP contribution >= 0.6 is 12.2 Å². The van der Waals surface area contributed by atoms with Gasteiger partial charge in [0.2, 0.25) is 0 Å². The molecule has 144 valence electrons. The number of rotatable bonds is 3. The van der Waals surface area contributed by atoms with Crippen LogP contribution in [0, 0.1) is 17.8 Å². The number of phenolic OH excluding ortho intramolecular Hbond substituents is 1. The number of carbonyl (C=O) groups excluding carboxylic acids is 1. The summed E-state index contributed by atoms with van der Waals surface area (Å²) in [6, 6.07) is 3.81. The van der Waals surface area contributed by atoms with Gasteiger partial charge in [0.25, 0.3) is 0 Å². The second kappa shape index (κ2) is 5.77. The summed E-state index contributed by atoms with van der Waals surface area (Å²) in [5.74, 6) is 1.78. The van der Waals surface area contributed by atoms with E-state index in [1.54, 1.807) is 6.07 Å². The Labute approximate surface area is 165 Å². The fourth-order valence-corrected chi connectivity index (χ4v) is 6.78. The molecule has 1 aromatic rings. The van der Waals surface area contributed by atoms with Crippen LogP contribution in [0.2, 0.25) is 0 Å².